The van der Waals surface area contributed by atoms with E-state index in [1.807, 2.05) is 25.1 Å². The highest BCUT2D eigenvalue weighted by Gasteiger charge is 2.27. The van der Waals surface area contributed by atoms with Gasteiger partial charge in [-0.2, -0.15) is 0 Å². The monoisotopic (exact) mass is 452 g/mol. The van der Waals surface area contributed by atoms with Crippen molar-refractivity contribution in [3.8, 4) is 0 Å². The number of benzene rings is 1. The van der Waals surface area contributed by atoms with Crippen molar-refractivity contribution in [3.05, 3.63) is 51.8 Å². The van der Waals surface area contributed by atoms with Crippen molar-refractivity contribution in [1.82, 2.24) is 15.2 Å². The molecule has 1 fully saturated rings. The van der Waals surface area contributed by atoms with Gasteiger partial charge in [0.1, 0.15) is 6.10 Å². The summed E-state index contributed by atoms with van der Waals surface area (Å²) >= 11 is 0. The maximum Gasteiger partial charge on any atom is 0.256 e. The number of H-pyrrole nitrogens is 1. The van der Waals surface area contributed by atoms with Gasteiger partial charge in [0.25, 0.3) is 17.7 Å². The third-order valence-electron chi connectivity index (χ3n) is 6.01. The van der Waals surface area contributed by atoms with Crippen LogP contribution in [-0.4, -0.2) is 71.7 Å². The molecule has 9 nitrogen and oxygen atoms in total. The average molecular weight is 453 g/mol. The number of nitrogens with one attached hydrogen (secondary N) is 3. The minimum Gasteiger partial charge on any atom is -0.381 e. The second-order valence-electron chi connectivity index (χ2n) is 8.39. The summed E-state index contributed by atoms with van der Waals surface area (Å²) in [7, 11) is 0. The number of anilines is 1. The number of amides is 3. The number of aromatic nitrogens is 1. The normalized spacial score (nSPS) is 17.6. The molecule has 2 aliphatic heterocycles. The van der Waals surface area contributed by atoms with Crippen LogP contribution < -0.4 is 10.6 Å². The number of ether oxygens (including phenoxy) is 1. The molecule has 4 rings (SSSR count). The Morgan fingerprint density at radius 2 is 1.97 bits per heavy atom. The summed E-state index contributed by atoms with van der Waals surface area (Å²) in [6.45, 7) is 7.06. The molecule has 0 saturated carbocycles. The van der Waals surface area contributed by atoms with Crippen molar-refractivity contribution in [2.45, 2.75) is 26.9 Å². The van der Waals surface area contributed by atoms with Crippen LogP contribution >= 0.6 is 0 Å². The van der Waals surface area contributed by atoms with E-state index in [4.69, 9.17) is 4.74 Å². The molecule has 0 aliphatic carbocycles. The van der Waals surface area contributed by atoms with E-state index in [0.717, 1.165) is 16.8 Å². The SMILES string of the molecule is Cc1ccc2c(c1)/C(=C/c1[nH]c(C)c(C(=O)NCC(O)C(=O)N3CCOCC3)c1C)C(=O)N2. The van der Waals surface area contributed by atoms with Crippen molar-refractivity contribution in [3.63, 3.8) is 0 Å². The van der Waals surface area contributed by atoms with Crippen LogP contribution in [0.4, 0.5) is 5.69 Å². The van der Waals surface area contributed by atoms with Gasteiger partial charge >= 0.3 is 0 Å². The van der Waals surface area contributed by atoms with Crippen LogP contribution in [0, 0.1) is 20.8 Å². The zero-order valence-electron chi connectivity index (χ0n) is 18.9. The first-order chi connectivity index (χ1) is 15.8. The third-order valence-corrected chi connectivity index (χ3v) is 6.01. The fourth-order valence-electron chi connectivity index (χ4n) is 4.21. The Bertz CT molecular complexity index is 1140. The summed E-state index contributed by atoms with van der Waals surface area (Å²) in [5, 5.41) is 15.7. The number of nitrogens with zero attached hydrogens (tertiary/aromatic N) is 1. The van der Waals surface area contributed by atoms with E-state index in [1.165, 1.54) is 4.90 Å². The summed E-state index contributed by atoms with van der Waals surface area (Å²) in [5.41, 5.74) is 5.54. The van der Waals surface area contributed by atoms with Crippen LogP contribution in [-0.2, 0) is 14.3 Å². The van der Waals surface area contributed by atoms with Gasteiger partial charge in [-0.3, -0.25) is 14.4 Å². The molecule has 0 bridgehead atoms. The largest absolute Gasteiger partial charge is 0.381 e. The number of hydrogen-bond donors (Lipinski definition) is 4. The van der Waals surface area contributed by atoms with Gasteiger partial charge in [0, 0.05) is 35.7 Å². The Morgan fingerprint density at radius 3 is 2.70 bits per heavy atom. The zero-order valence-corrected chi connectivity index (χ0v) is 18.9. The fourth-order valence-corrected chi connectivity index (χ4v) is 4.21. The van der Waals surface area contributed by atoms with Gasteiger partial charge in [-0.1, -0.05) is 11.6 Å². The number of morpholine rings is 1. The van der Waals surface area contributed by atoms with E-state index in [2.05, 4.69) is 15.6 Å². The van der Waals surface area contributed by atoms with Gasteiger partial charge in [-0.15, -0.1) is 0 Å². The molecular formula is C24H28N4O5. The number of rotatable bonds is 5. The molecule has 1 aromatic carbocycles. The van der Waals surface area contributed by atoms with Crippen LogP contribution in [0.25, 0.3) is 11.6 Å². The molecule has 1 unspecified atom stereocenters. The lowest BCUT2D eigenvalue weighted by Crippen LogP contribution is -2.49. The third kappa shape index (κ3) is 4.55. The Hall–Kier alpha value is -3.43. The molecule has 1 saturated heterocycles. The molecule has 0 spiro atoms. The van der Waals surface area contributed by atoms with E-state index in [1.54, 1.807) is 19.9 Å². The lowest BCUT2D eigenvalue weighted by Gasteiger charge is -2.28. The number of carbonyl (C=O) groups excluding carboxylic acids is 3. The first kappa shape index (κ1) is 22.8. The van der Waals surface area contributed by atoms with Crippen LogP contribution in [0.2, 0.25) is 0 Å². The Morgan fingerprint density at radius 1 is 1.24 bits per heavy atom. The summed E-state index contributed by atoms with van der Waals surface area (Å²) in [4.78, 5) is 42.4. The van der Waals surface area contributed by atoms with Gasteiger partial charge in [-0.05, 0) is 44.5 Å². The van der Waals surface area contributed by atoms with Gasteiger partial charge < -0.3 is 30.4 Å². The van der Waals surface area contributed by atoms with Crippen LogP contribution in [0.5, 0.6) is 0 Å². The molecule has 3 heterocycles. The average Bonchev–Trinajstić information content (AvgIpc) is 3.26. The summed E-state index contributed by atoms with van der Waals surface area (Å²) < 4.78 is 5.22. The van der Waals surface area contributed by atoms with E-state index in [9.17, 15) is 19.5 Å². The van der Waals surface area contributed by atoms with Gasteiger partial charge in [0.2, 0.25) is 0 Å². The van der Waals surface area contributed by atoms with E-state index >= 15 is 0 Å². The molecule has 33 heavy (non-hydrogen) atoms. The molecule has 9 heteroatoms. The maximum absolute atomic E-state index is 12.9. The number of carbonyl (C=O) groups is 3. The molecule has 1 aromatic heterocycles. The minimum atomic E-state index is -1.32. The lowest BCUT2D eigenvalue weighted by molar-refractivity contribution is -0.143. The summed E-state index contributed by atoms with van der Waals surface area (Å²) in [6, 6.07) is 5.76. The number of aliphatic hydroxyl groups excluding tert-OH is 1. The number of hydrogen-bond acceptors (Lipinski definition) is 5. The Balaban J connectivity index is 1.49. The topological polar surface area (TPSA) is 124 Å². The number of aryl methyl sites for hydroxylation is 2. The molecule has 2 aliphatic rings. The van der Waals surface area contributed by atoms with Crippen molar-refractivity contribution < 1.29 is 24.2 Å². The van der Waals surface area contributed by atoms with Crippen LogP contribution in [0.1, 0.15) is 38.4 Å². The molecule has 0 radical (unpaired) electrons. The molecule has 1 atom stereocenters. The Kier molecular flexibility index (Phi) is 6.35. The van der Waals surface area contributed by atoms with E-state index in [0.29, 0.717) is 54.4 Å². The molecule has 174 valence electrons. The molecular weight excluding hydrogens is 424 g/mol. The highest BCUT2D eigenvalue weighted by molar-refractivity contribution is 6.35. The van der Waals surface area contributed by atoms with Crippen molar-refractivity contribution in [2.75, 3.05) is 38.2 Å². The fraction of sp³-hybridized carbons (Fsp3) is 0.375. The van der Waals surface area contributed by atoms with Gasteiger partial charge in [0.05, 0.1) is 30.9 Å². The number of aromatic amines is 1. The number of fused-ring (bicyclic) bond motifs is 1. The predicted molar refractivity (Wildman–Crippen MR) is 124 cm³/mol. The molecule has 4 N–H and O–H groups in total. The highest BCUT2D eigenvalue weighted by Crippen LogP contribution is 2.34. The summed E-state index contributed by atoms with van der Waals surface area (Å²) in [6.07, 6.45) is 0.423. The second-order valence-corrected chi connectivity index (χ2v) is 8.39. The first-order valence-electron chi connectivity index (χ1n) is 10.9. The molecule has 3 amide bonds. The van der Waals surface area contributed by atoms with Gasteiger partial charge in [-0.25, -0.2) is 0 Å². The zero-order chi connectivity index (χ0) is 23.7. The van der Waals surface area contributed by atoms with Crippen molar-refractivity contribution >= 4 is 35.1 Å². The minimum absolute atomic E-state index is 0.190. The second kappa shape index (κ2) is 9.21. The quantitative estimate of drug-likeness (QED) is 0.511. The lowest BCUT2D eigenvalue weighted by atomic mass is 10.0. The predicted octanol–water partition coefficient (Wildman–Crippen LogP) is 1.38. The van der Waals surface area contributed by atoms with Crippen molar-refractivity contribution in [2.24, 2.45) is 0 Å². The van der Waals surface area contributed by atoms with E-state index in [-0.39, 0.29) is 12.5 Å². The Labute approximate surface area is 191 Å². The van der Waals surface area contributed by atoms with Crippen molar-refractivity contribution in [1.29, 1.82) is 0 Å². The van der Waals surface area contributed by atoms with Crippen LogP contribution in [0.15, 0.2) is 18.2 Å². The first-order valence-corrected chi connectivity index (χ1v) is 10.9. The summed E-state index contributed by atoms with van der Waals surface area (Å²) in [5.74, 6) is -1.02. The highest BCUT2D eigenvalue weighted by atomic mass is 16.5. The van der Waals surface area contributed by atoms with Gasteiger partial charge in [0.15, 0.2) is 0 Å². The smallest absolute Gasteiger partial charge is 0.256 e. The standard InChI is InChI=1S/C24H28N4O5/c1-13-4-5-18-16(10-13)17(22(30)27-18)11-19-14(2)21(15(3)26-19)23(31)25-12-20(29)24(32)28-6-8-33-9-7-28/h4-5,10-11,20,26,29H,6-9,12H2,1-3H3,(H,25,31)(H,27,30)/b17-11-. The van der Waals surface area contributed by atoms with Crippen LogP contribution in [0.3, 0.4) is 0 Å². The molecule has 2 aromatic rings. The van der Waals surface area contributed by atoms with E-state index < -0.39 is 17.9 Å². The number of aliphatic hydroxyl groups is 1. The maximum atomic E-state index is 12.9.